The number of benzene rings is 2. The van der Waals surface area contributed by atoms with Crippen molar-refractivity contribution >= 4 is 11.6 Å². The molecule has 110 valence electrons. The van der Waals surface area contributed by atoms with Crippen molar-refractivity contribution in [2.24, 2.45) is 0 Å². The molecule has 0 unspecified atom stereocenters. The highest BCUT2D eigenvalue weighted by Gasteiger charge is 2.06. The maximum Gasteiger partial charge on any atom is 0.239 e. The van der Waals surface area contributed by atoms with Crippen LogP contribution >= 0.6 is 0 Å². The van der Waals surface area contributed by atoms with Gasteiger partial charge in [0.15, 0.2) is 0 Å². The van der Waals surface area contributed by atoms with Gasteiger partial charge in [-0.25, -0.2) is 0 Å². The van der Waals surface area contributed by atoms with E-state index in [9.17, 15) is 4.79 Å². The molecule has 2 aromatic rings. The summed E-state index contributed by atoms with van der Waals surface area (Å²) in [6.45, 7) is 5.04. The number of aryl methyl sites for hydroxylation is 2. The Morgan fingerprint density at radius 1 is 1.05 bits per heavy atom. The van der Waals surface area contributed by atoms with Crippen LogP contribution in [-0.4, -0.2) is 12.5 Å². The molecule has 1 amide bonds. The minimum absolute atomic E-state index is 0.00385. The standard InChI is InChI=1S/C18H22N2O/c1-3-16-11-7-8-14(2)18(16)20-13-17(21)19-12-15-9-5-4-6-10-15/h4-11,20H,3,12-13H2,1-2H3,(H,19,21). The van der Waals surface area contributed by atoms with Crippen molar-refractivity contribution in [3.05, 3.63) is 65.2 Å². The minimum Gasteiger partial charge on any atom is -0.376 e. The summed E-state index contributed by atoms with van der Waals surface area (Å²) in [5, 5.41) is 6.18. The average Bonchev–Trinajstić information content (AvgIpc) is 2.52. The maximum atomic E-state index is 11.9. The van der Waals surface area contributed by atoms with Gasteiger partial charge in [-0.2, -0.15) is 0 Å². The summed E-state index contributed by atoms with van der Waals surface area (Å²) in [6, 6.07) is 16.1. The zero-order valence-corrected chi connectivity index (χ0v) is 12.6. The van der Waals surface area contributed by atoms with Crippen LogP contribution in [0, 0.1) is 6.92 Å². The molecule has 0 fully saturated rings. The Morgan fingerprint density at radius 3 is 2.52 bits per heavy atom. The van der Waals surface area contributed by atoms with Crippen LogP contribution in [0.5, 0.6) is 0 Å². The first kappa shape index (κ1) is 15.1. The molecule has 0 aliphatic rings. The highest BCUT2D eigenvalue weighted by Crippen LogP contribution is 2.20. The lowest BCUT2D eigenvalue weighted by Crippen LogP contribution is -2.29. The predicted octanol–water partition coefficient (Wildman–Crippen LogP) is 3.29. The molecule has 2 aromatic carbocycles. The lowest BCUT2D eigenvalue weighted by Gasteiger charge is -2.14. The van der Waals surface area contributed by atoms with Gasteiger partial charge in [0.05, 0.1) is 6.54 Å². The summed E-state index contributed by atoms with van der Waals surface area (Å²) in [6.07, 6.45) is 0.954. The molecule has 0 heterocycles. The van der Waals surface area contributed by atoms with Gasteiger partial charge in [0.25, 0.3) is 0 Å². The van der Waals surface area contributed by atoms with Crippen LogP contribution in [0.1, 0.15) is 23.6 Å². The molecule has 0 saturated carbocycles. The van der Waals surface area contributed by atoms with Crippen molar-refractivity contribution in [2.75, 3.05) is 11.9 Å². The van der Waals surface area contributed by atoms with Crippen LogP contribution < -0.4 is 10.6 Å². The third-order valence-electron chi connectivity index (χ3n) is 3.50. The van der Waals surface area contributed by atoms with Crippen molar-refractivity contribution in [2.45, 2.75) is 26.8 Å². The summed E-state index contributed by atoms with van der Waals surface area (Å²) < 4.78 is 0. The zero-order valence-electron chi connectivity index (χ0n) is 12.6. The zero-order chi connectivity index (χ0) is 15.1. The van der Waals surface area contributed by atoms with Gasteiger partial charge in [0.1, 0.15) is 0 Å². The van der Waals surface area contributed by atoms with E-state index in [1.54, 1.807) is 0 Å². The van der Waals surface area contributed by atoms with Crippen molar-refractivity contribution in [1.82, 2.24) is 5.32 Å². The maximum absolute atomic E-state index is 11.9. The predicted molar refractivity (Wildman–Crippen MR) is 87.3 cm³/mol. The van der Waals surface area contributed by atoms with Crippen molar-refractivity contribution < 1.29 is 4.79 Å². The van der Waals surface area contributed by atoms with E-state index in [2.05, 4.69) is 42.7 Å². The van der Waals surface area contributed by atoms with E-state index in [0.717, 1.165) is 17.7 Å². The highest BCUT2D eigenvalue weighted by atomic mass is 16.1. The second-order valence-corrected chi connectivity index (χ2v) is 5.08. The van der Waals surface area contributed by atoms with Crippen LogP contribution in [0.3, 0.4) is 0 Å². The Morgan fingerprint density at radius 2 is 1.81 bits per heavy atom. The van der Waals surface area contributed by atoms with Crippen molar-refractivity contribution in [3.8, 4) is 0 Å². The average molecular weight is 282 g/mol. The first-order valence-corrected chi connectivity index (χ1v) is 7.33. The fraction of sp³-hybridized carbons (Fsp3) is 0.278. The molecule has 0 bridgehead atoms. The summed E-state index contributed by atoms with van der Waals surface area (Å²) >= 11 is 0. The summed E-state index contributed by atoms with van der Waals surface area (Å²) in [5.41, 5.74) is 4.60. The van der Waals surface area contributed by atoms with E-state index in [1.807, 2.05) is 30.3 Å². The van der Waals surface area contributed by atoms with Gasteiger partial charge in [-0.15, -0.1) is 0 Å². The number of amides is 1. The van der Waals surface area contributed by atoms with E-state index in [0.29, 0.717) is 13.1 Å². The fourth-order valence-electron chi connectivity index (χ4n) is 2.30. The lowest BCUT2D eigenvalue weighted by molar-refractivity contribution is -0.119. The number of carbonyl (C=O) groups is 1. The highest BCUT2D eigenvalue weighted by molar-refractivity contribution is 5.81. The van der Waals surface area contributed by atoms with E-state index in [4.69, 9.17) is 0 Å². The number of carbonyl (C=O) groups excluding carboxylic acids is 1. The van der Waals surface area contributed by atoms with E-state index in [1.165, 1.54) is 11.1 Å². The van der Waals surface area contributed by atoms with Gasteiger partial charge in [-0.05, 0) is 30.0 Å². The summed E-state index contributed by atoms with van der Waals surface area (Å²) in [7, 11) is 0. The third kappa shape index (κ3) is 4.35. The van der Waals surface area contributed by atoms with Crippen molar-refractivity contribution in [1.29, 1.82) is 0 Å². The molecule has 2 N–H and O–H groups in total. The quantitative estimate of drug-likeness (QED) is 0.853. The largest absolute Gasteiger partial charge is 0.376 e. The molecule has 0 aromatic heterocycles. The lowest BCUT2D eigenvalue weighted by atomic mass is 10.1. The van der Waals surface area contributed by atoms with Crippen LogP contribution in [0.15, 0.2) is 48.5 Å². The molecule has 3 heteroatoms. The second-order valence-electron chi connectivity index (χ2n) is 5.08. The van der Waals surface area contributed by atoms with Gasteiger partial charge >= 0.3 is 0 Å². The molecular formula is C18H22N2O. The molecule has 0 saturated heterocycles. The van der Waals surface area contributed by atoms with Gasteiger partial charge in [0, 0.05) is 12.2 Å². The van der Waals surface area contributed by atoms with E-state index < -0.39 is 0 Å². The van der Waals surface area contributed by atoms with Gasteiger partial charge < -0.3 is 10.6 Å². The number of rotatable bonds is 6. The monoisotopic (exact) mass is 282 g/mol. The Bertz CT molecular complexity index is 593. The number of hydrogen-bond acceptors (Lipinski definition) is 2. The van der Waals surface area contributed by atoms with Gasteiger partial charge in [-0.3, -0.25) is 4.79 Å². The molecule has 0 spiro atoms. The van der Waals surface area contributed by atoms with Crippen LogP contribution in [0.2, 0.25) is 0 Å². The summed E-state index contributed by atoms with van der Waals surface area (Å²) in [5.74, 6) is 0.00385. The molecule has 0 aliphatic carbocycles. The topological polar surface area (TPSA) is 41.1 Å². The Kier molecular flexibility index (Phi) is 5.38. The Hall–Kier alpha value is -2.29. The van der Waals surface area contributed by atoms with E-state index >= 15 is 0 Å². The SMILES string of the molecule is CCc1cccc(C)c1NCC(=O)NCc1ccccc1. The van der Waals surface area contributed by atoms with Crippen molar-refractivity contribution in [3.63, 3.8) is 0 Å². The van der Waals surface area contributed by atoms with Crippen LogP contribution in [0.4, 0.5) is 5.69 Å². The molecule has 21 heavy (non-hydrogen) atoms. The number of anilines is 1. The van der Waals surface area contributed by atoms with Crippen LogP contribution in [-0.2, 0) is 17.8 Å². The smallest absolute Gasteiger partial charge is 0.239 e. The Labute approximate surface area is 126 Å². The molecule has 2 rings (SSSR count). The fourth-order valence-corrected chi connectivity index (χ4v) is 2.30. The molecule has 0 atom stereocenters. The van der Waals surface area contributed by atoms with Crippen LogP contribution in [0.25, 0.3) is 0 Å². The molecular weight excluding hydrogens is 260 g/mol. The molecule has 3 nitrogen and oxygen atoms in total. The number of hydrogen-bond donors (Lipinski definition) is 2. The minimum atomic E-state index is 0.00385. The first-order valence-electron chi connectivity index (χ1n) is 7.33. The third-order valence-corrected chi connectivity index (χ3v) is 3.50. The first-order chi connectivity index (χ1) is 10.2. The molecule has 0 radical (unpaired) electrons. The summed E-state index contributed by atoms with van der Waals surface area (Å²) in [4.78, 5) is 11.9. The molecule has 0 aliphatic heterocycles. The van der Waals surface area contributed by atoms with Gasteiger partial charge in [-0.1, -0.05) is 55.5 Å². The number of para-hydroxylation sites is 1. The second kappa shape index (κ2) is 7.48. The normalized spacial score (nSPS) is 10.2. The van der Waals surface area contributed by atoms with E-state index in [-0.39, 0.29) is 5.91 Å². The van der Waals surface area contributed by atoms with Gasteiger partial charge in [0.2, 0.25) is 5.91 Å². The Balaban J connectivity index is 1.87. The number of nitrogens with one attached hydrogen (secondary N) is 2.